The van der Waals surface area contributed by atoms with Crippen molar-refractivity contribution in [2.45, 2.75) is 26.3 Å². The van der Waals surface area contributed by atoms with Crippen LogP contribution in [-0.2, 0) is 11.3 Å². The summed E-state index contributed by atoms with van der Waals surface area (Å²) in [6.07, 6.45) is 0. The Bertz CT molecular complexity index is 1030. The monoisotopic (exact) mass is 454 g/mol. The fraction of sp³-hybridized carbons (Fsp3) is 0.391. The van der Waals surface area contributed by atoms with Crippen LogP contribution in [0.1, 0.15) is 31.2 Å². The van der Waals surface area contributed by atoms with Crippen LogP contribution in [-0.4, -0.2) is 68.7 Å². The van der Waals surface area contributed by atoms with Crippen molar-refractivity contribution in [3.8, 4) is 11.4 Å². The number of carbonyl (C=O) groups excluding carboxylic acids is 1. The number of benzene rings is 2. The van der Waals surface area contributed by atoms with E-state index in [1.807, 2.05) is 53.4 Å². The lowest BCUT2D eigenvalue weighted by Gasteiger charge is -2.34. The molecule has 0 radical (unpaired) electrons. The molecule has 0 saturated carbocycles. The zero-order chi connectivity index (χ0) is 22.5. The molecule has 0 atom stereocenters. The van der Waals surface area contributed by atoms with Crippen LogP contribution in [0.4, 0.5) is 0 Å². The Morgan fingerprint density at radius 3 is 2.38 bits per heavy atom. The fourth-order valence-corrected chi connectivity index (χ4v) is 3.75. The van der Waals surface area contributed by atoms with Gasteiger partial charge in [-0.05, 0) is 58.3 Å². The predicted octanol–water partition coefficient (Wildman–Crippen LogP) is 3.16. The van der Waals surface area contributed by atoms with Crippen molar-refractivity contribution in [1.82, 2.24) is 30.0 Å². The maximum absolute atomic E-state index is 12.6. The molecule has 3 aromatic rings. The number of halogens is 1. The molecule has 2 aromatic carbocycles. The van der Waals surface area contributed by atoms with Gasteiger partial charge in [-0.1, -0.05) is 37.6 Å². The molecule has 1 aliphatic heterocycles. The van der Waals surface area contributed by atoms with Gasteiger partial charge < -0.3 is 9.64 Å². The molecule has 0 aliphatic carbocycles. The second-order valence-electron chi connectivity index (χ2n) is 8.15. The molecule has 1 aliphatic rings. The van der Waals surface area contributed by atoms with Gasteiger partial charge in [0.1, 0.15) is 5.75 Å². The van der Waals surface area contributed by atoms with E-state index in [0.29, 0.717) is 30.6 Å². The van der Waals surface area contributed by atoms with Crippen LogP contribution < -0.4 is 4.74 Å². The van der Waals surface area contributed by atoms with Gasteiger partial charge in [-0.15, -0.1) is 5.10 Å². The Balaban J connectivity index is 1.26. The van der Waals surface area contributed by atoms with Gasteiger partial charge in [0, 0.05) is 31.2 Å². The maximum Gasteiger partial charge on any atom is 0.260 e. The van der Waals surface area contributed by atoms with E-state index >= 15 is 0 Å². The number of carbonyl (C=O) groups is 1. The molecule has 9 heteroatoms. The van der Waals surface area contributed by atoms with Crippen LogP contribution in [0.15, 0.2) is 48.5 Å². The second kappa shape index (κ2) is 10.1. The summed E-state index contributed by atoms with van der Waals surface area (Å²) in [6, 6.07) is 15.3. The largest absolute Gasteiger partial charge is 0.484 e. The third kappa shape index (κ3) is 5.44. The summed E-state index contributed by atoms with van der Waals surface area (Å²) in [7, 11) is 0. The molecular formula is C23H27ClN6O2. The molecule has 1 aromatic heterocycles. The summed E-state index contributed by atoms with van der Waals surface area (Å²) in [5, 5.41) is 12.8. The van der Waals surface area contributed by atoms with Crippen molar-refractivity contribution in [3.63, 3.8) is 0 Å². The Labute approximate surface area is 192 Å². The quantitative estimate of drug-likeness (QED) is 0.545. The first-order chi connectivity index (χ1) is 15.5. The number of rotatable bonds is 7. The van der Waals surface area contributed by atoms with Crippen LogP contribution in [0.3, 0.4) is 0 Å². The standard InChI is InChI=1S/C23H27ClN6O2/c1-17(2)18-3-9-21(10-4-18)32-16-23(31)29-13-11-28(12-14-29)15-22-25-26-27-30(22)20-7-5-19(24)6-8-20/h3-10,17H,11-16H2,1-2H3. The number of piperazine rings is 1. The number of tetrazole rings is 1. The van der Waals surface area contributed by atoms with Crippen molar-refractivity contribution in [2.24, 2.45) is 0 Å². The topological polar surface area (TPSA) is 76.4 Å². The molecule has 1 fully saturated rings. The number of aromatic nitrogens is 4. The minimum Gasteiger partial charge on any atom is -0.484 e. The molecule has 0 bridgehead atoms. The van der Waals surface area contributed by atoms with Gasteiger partial charge in [0.2, 0.25) is 0 Å². The fourth-order valence-electron chi connectivity index (χ4n) is 3.63. The Kier molecular flexibility index (Phi) is 7.02. The number of nitrogens with zero attached hydrogens (tertiary/aromatic N) is 6. The second-order valence-corrected chi connectivity index (χ2v) is 8.59. The molecule has 8 nitrogen and oxygen atoms in total. The molecule has 1 saturated heterocycles. The summed E-state index contributed by atoms with van der Waals surface area (Å²) >= 11 is 5.97. The van der Waals surface area contributed by atoms with Gasteiger partial charge in [0.05, 0.1) is 12.2 Å². The molecule has 0 N–H and O–H groups in total. The van der Waals surface area contributed by atoms with Crippen molar-refractivity contribution in [2.75, 3.05) is 32.8 Å². The maximum atomic E-state index is 12.6. The van der Waals surface area contributed by atoms with Gasteiger partial charge in [-0.25, -0.2) is 0 Å². The molecule has 2 heterocycles. The highest BCUT2D eigenvalue weighted by molar-refractivity contribution is 6.30. The molecule has 168 valence electrons. The Hall–Kier alpha value is -2.97. The summed E-state index contributed by atoms with van der Waals surface area (Å²) in [6.45, 7) is 7.76. The third-order valence-corrected chi connectivity index (χ3v) is 5.86. The first-order valence-corrected chi connectivity index (χ1v) is 11.1. The van der Waals surface area contributed by atoms with Crippen LogP contribution in [0.25, 0.3) is 5.69 Å². The van der Waals surface area contributed by atoms with E-state index in [2.05, 4.69) is 34.3 Å². The molecule has 4 rings (SSSR count). The van der Waals surface area contributed by atoms with E-state index in [1.165, 1.54) is 5.56 Å². The van der Waals surface area contributed by atoms with Gasteiger partial charge in [0.15, 0.2) is 12.4 Å². The van der Waals surface area contributed by atoms with Crippen LogP contribution in [0, 0.1) is 0 Å². The van der Waals surface area contributed by atoms with Crippen molar-refractivity contribution in [3.05, 3.63) is 64.9 Å². The Morgan fingerprint density at radius 1 is 1.03 bits per heavy atom. The highest BCUT2D eigenvalue weighted by Crippen LogP contribution is 2.19. The van der Waals surface area contributed by atoms with Crippen molar-refractivity contribution >= 4 is 17.5 Å². The van der Waals surface area contributed by atoms with Crippen molar-refractivity contribution in [1.29, 1.82) is 0 Å². The average molecular weight is 455 g/mol. The zero-order valence-corrected chi connectivity index (χ0v) is 19.1. The van der Waals surface area contributed by atoms with E-state index in [9.17, 15) is 4.79 Å². The van der Waals surface area contributed by atoms with Crippen LogP contribution in [0.2, 0.25) is 5.02 Å². The average Bonchev–Trinajstić information content (AvgIpc) is 3.27. The predicted molar refractivity (Wildman–Crippen MR) is 122 cm³/mol. The smallest absolute Gasteiger partial charge is 0.260 e. The van der Waals surface area contributed by atoms with E-state index in [-0.39, 0.29) is 12.5 Å². The normalized spacial score (nSPS) is 14.7. The SMILES string of the molecule is CC(C)c1ccc(OCC(=O)N2CCN(Cc3nnnn3-c3ccc(Cl)cc3)CC2)cc1. The number of hydrogen-bond donors (Lipinski definition) is 0. The van der Waals surface area contributed by atoms with Gasteiger partial charge in [0.25, 0.3) is 5.91 Å². The van der Waals surface area contributed by atoms with Crippen LogP contribution >= 0.6 is 11.6 Å². The summed E-state index contributed by atoms with van der Waals surface area (Å²) < 4.78 is 7.41. The summed E-state index contributed by atoms with van der Waals surface area (Å²) in [5.41, 5.74) is 2.11. The van der Waals surface area contributed by atoms with Gasteiger partial charge >= 0.3 is 0 Å². The van der Waals surface area contributed by atoms with Gasteiger partial charge in [-0.3, -0.25) is 9.69 Å². The lowest BCUT2D eigenvalue weighted by atomic mass is 10.0. The zero-order valence-electron chi connectivity index (χ0n) is 18.3. The molecule has 1 amide bonds. The highest BCUT2D eigenvalue weighted by atomic mass is 35.5. The molecule has 0 spiro atoms. The molecule has 32 heavy (non-hydrogen) atoms. The summed E-state index contributed by atoms with van der Waals surface area (Å²) in [4.78, 5) is 16.7. The van der Waals surface area contributed by atoms with E-state index < -0.39 is 0 Å². The van der Waals surface area contributed by atoms with Crippen LogP contribution in [0.5, 0.6) is 5.75 Å². The lowest BCUT2D eigenvalue weighted by Crippen LogP contribution is -2.49. The van der Waals surface area contributed by atoms with E-state index in [4.69, 9.17) is 16.3 Å². The molecule has 0 unspecified atom stereocenters. The third-order valence-electron chi connectivity index (χ3n) is 5.60. The lowest BCUT2D eigenvalue weighted by molar-refractivity contribution is -0.135. The highest BCUT2D eigenvalue weighted by Gasteiger charge is 2.23. The number of amides is 1. The minimum absolute atomic E-state index is 0.00332. The van der Waals surface area contributed by atoms with E-state index in [0.717, 1.165) is 30.4 Å². The first kappa shape index (κ1) is 22.2. The number of hydrogen-bond acceptors (Lipinski definition) is 6. The summed E-state index contributed by atoms with van der Waals surface area (Å²) in [5.74, 6) is 1.94. The minimum atomic E-state index is 0.00332. The molecular weight excluding hydrogens is 428 g/mol. The first-order valence-electron chi connectivity index (χ1n) is 10.8. The van der Waals surface area contributed by atoms with Gasteiger partial charge in [-0.2, -0.15) is 4.68 Å². The van der Waals surface area contributed by atoms with Crippen molar-refractivity contribution < 1.29 is 9.53 Å². The van der Waals surface area contributed by atoms with E-state index in [1.54, 1.807) is 4.68 Å². The Morgan fingerprint density at radius 2 is 1.72 bits per heavy atom. The number of ether oxygens (including phenoxy) is 1.